The third kappa shape index (κ3) is 3.02. The molecule has 0 unspecified atom stereocenters. The molecule has 1 aliphatic carbocycles. The minimum atomic E-state index is -4.38. The van der Waals surface area contributed by atoms with Crippen molar-refractivity contribution >= 4 is 0 Å². The van der Waals surface area contributed by atoms with E-state index in [9.17, 15) is 13.2 Å². The zero-order valence-electron chi connectivity index (χ0n) is 15.2. The van der Waals surface area contributed by atoms with Gasteiger partial charge in [0.25, 0.3) is 0 Å². The summed E-state index contributed by atoms with van der Waals surface area (Å²) in [5, 5.41) is 4.22. The van der Waals surface area contributed by atoms with Crippen LogP contribution in [-0.4, -0.2) is 23.1 Å². The third-order valence-corrected chi connectivity index (χ3v) is 5.66. The number of benzene rings is 2. The monoisotopic (exact) mass is 384 g/mol. The van der Waals surface area contributed by atoms with E-state index in [1.165, 1.54) is 23.6 Å². The van der Waals surface area contributed by atoms with Crippen LogP contribution in [0.3, 0.4) is 0 Å². The van der Waals surface area contributed by atoms with Crippen molar-refractivity contribution in [2.24, 2.45) is 0 Å². The Morgan fingerprint density at radius 1 is 1.04 bits per heavy atom. The van der Waals surface area contributed by atoms with Crippen LogP contribution in [0.4, 0.5) is 13.2 Å². The highest BCUT2D eigenvalue weighted by atomic mass is 19.4. The van der Waals surface area contributed by atoms with Crippen molar-refractivity contribution in [2.75, 3.05) is 13.1 Å². The van der Waals surface area contributed by atoms with Gasteiger partial charge in [0.05, 0.1) is 5.56 Å². The molecular formula is C22H19F3N2O. The molecule has 2 aliphatic rings. The molecule has 1 aliphatic heterocycles. The first-order chi connectivity index (χ1) is 13.5. The summed E-state index contributed by atoms with van der Waals surface area (Å²) in [6.45, 7) is 3.28. The van der Waals surface area contributed by atoms with Gasteiger partial charge in [-0.05, 0) is 55.6 Å². The van der Waals surface area contributed by atoms with Crippen molar-refractivity contribution in [3.63, 3.8) is 0 Å². The number of alkyl halides is 3. The van der Waals surface area contributed by atoms with Crippen molar-refractivity contribution in [3.05, 3.63) is 64.7 Å². The summed E-state index contributed by atoms with van der Waals surface area (Å²) >= 11 is 0. The summed E-state index contributed by atoms with van der Waals surface area (Å²) < 4.78 is 44.7. The molecule has 0 saturated carbocycles. The Morgan fingerprint density at radius 3 is 2.64 bits per heavy atom. The second kappa shape index (κ2) is 6.48. The summed E-state index contributed by atoms with van der Waals surface area (Å²) in [6, 6.07) is 11.7. The van der Waals surface area contributed by atoms with Gasteiger partial charge >= 0.3 is 6.18 Å². The molecule has 0 N–H and O–H groups in total. The first-order valence-electron chi connectivity index (χ1n) is 9.50. The van der Waals surface area contributed by atoms with Gasteiger partial charge in [0.1, 0.15) is 5.69 Å². The summed E-state index contributed by atoms with van der Waals surface area (Å²) in [6.07, 6.45) is -1.56. The average molecular weight is 384 g/mol. The molecule has 2 aromatic carbocycles. The van der Waals surface area contributed by atoms with E-state index in [0.29, 0.717) is 17.7 Å². The van der Waals surface area contributed by atoms with Crippen molar-refractivity contribution in [2.45, 2.75) is 32.0 Å². The second-order valence-corrected chi connectivity index (χ2v) is 7.54. The first kappa shape index (κ1) is 17.5. The quantitative estimate of drug-likeness (QED) is 0.611. The zero-order valence-corrected chi connectivity index (χ0v) is 15.2. The van der Waals surface area contributed by atoms with E-state index in [1.54, 1.807) is 6.07 Å². The second-order valence-electron chi connectivity index (χ2n) is 7.54. The van der Waals surface area contributed by atoms with E-state index in [4.69, 9.17) is 4.52 Å². The minimum Gasteiger partial charge on any atom is -0.355 e. The van der Waals surface area contributed by atoms with Crippen molar-refractivity contribution in [3.8, 4) is 22.6 Å². The largest absolute Gasteiger partial charge is 0.416 e. The molecule has 6 heteroatoms. The number of hydrogen-bond acceptors (Lipinski definition) is 3. The highest BCUT2D eigenvalue weighted by Gasteiger charge is 2.32. The average Bonchev–Trinajstić information content (AvgIpc) is 3.08. The fourth-order valence-corrected chi connectivity index (χ4v) is 4.06. The van der Waals surface area contributed by atoms with Crippen molar-refractivity contribution in [1.82, 2.24) is 10.1 Å². The molecule has 1 aromatic heterocycles. The van der Waals surface area contributed by atoms with Gasteiger partial charge in [-0.15, -0.1) is 0 Å². The fraction of sp³-hybridized carbons (Fsp3) is 0.318. The molecule has 0 radical (unpaired) electrons. The Morgan fingerprint density at radius 2 is 1.89 bits per heavy atom. The van der Waals surface area contributed by atoms with Crippen molar-refractivity contribution in [1.29, 1.82) is 0 Å². The van der Waals surface area contributed by atoms with E-state index in [0.717, 1.165) is 55.0 Å². The van der Waals surface area contributed by atoms with Gasteiger partial charge in [0.15, 0.2) is 5.76 Å². The molecule has 5 rings (SSSR count). The Bertz CT molecular complexity index is 1030. The lowest BCUT2D eigenvalue weighted by Crippen LogP contribution is -2.36. The summed E-state index contributed by atoms with van der Waals surface area (Å²) in [7, 11) is 0. The van der Waals surface area contributed by atoms with Gasteiger partial charge in [-0.2, -0.15) is 13.2 Å². The Kier molecular flexibility index (Phi) is 4.05. The number of hydrogen-bond donors (Lipinski definition) is 0. The number of halogens is 3. The van der Waals surface area contributed by atoms with Gasteiger partial charge in [-0.3, -0.25) is 4.90 Å². The Labute approximate surface area is 160 Å². The standard InChI is InChI=1S/C22H19F3N2O/c23-22(24,25)17-4-1-3-16(12-17)21-19-8-6-15-11-14(13-27-9-2-10-27)5-7-18(15)20(19)26-28-21/h1,3-5,7,11-12H,2,6,8-10,13H2. The lowest BCUT2D eigenvalue weighted by molar-refractivity contribution is -0.137. The Balaban J connectivity index is 1.49. The number of aromatic nitrogens is 1. The van der Waals surface area contributed by atoms with E-state index in [1.807, 2.05) is 0 Å². The molecule has 144 valence electrons. The smallest absolute Gasteiger partial charge is 0.355 e. The lowest BCUT2D eigenvalue weighted by atomic mass is 9.87. The number of rotatable bonds is 3. The zero-order chi connectivity index (χ0) is 19.3. The summed E-state index contributed by atoms with van der Waals surface area (Å²) in [4.78, 5) is 2.41. The molecule has 0 amide bonds. The SMILES string of the molecule is FC(F)(F)c1cccc(-c2onc3c2CCc2cc(CN4CCC4)ccc2-3)c1. The molecule has 28 heavy (non-hydrogen) atoms. The van der Waals surface area contributed by atoms with Gasteiger partial charge in [-0.1, -0.05) is 35.5 Å². The van der Waals surface area contributed by atoms with Gasteiger partial charge < -0.3 is 4.52 Å². The fourth-order valence-electron chi connectivity index (χ4n) is 4.06. The third-order valence-electron chi connectivity index (χ3n) is 5.66. The highest BCUT2D eigenvalue weighted by molar-refractivity contribution is 5.76. The number of nitrogens with zero attached hydrogens (tertiary/aromatic N) is 2. The summed E-state index contributed by atoms with van der Waals surface area (Å²) in [5.41, 5.74) is 4.93. The molecule has 2 heterocycles. The molecule has 1 saturated heterocycles. The van der Waals surface area contributed by atoms with Crippen molar-refractivity contribution < 1.29 is 17.7 Å². The van der Waals surface area contributed by atoms with Crippen LogP contribution in [0.1, 0.15) is 28.7 Å². The molecule has 1 fully saturated rings. The van der Waals surface area contributed by atoms with Gasteiger partial charge in [0, 0.05) is 23.2 Å². The number of likely N-dealkylation sites (tertiary alicyclic amines) is 1. The van der Waals surface area contributed by atoms with E-state index >= 15 is 0 Å². The minimum absolute atomic E-state index is 0.418. The van der Waals surface area contributed by atoms with E-state index in [2.05, 4.69) is 28.3 Å². The highest BCUT2D eigenvalue weighted by Crippen LogP contribution is 2.40. The van der Waals surface area contributed by atoms with Crippen LogP contribution in [-0.2, 0) is 25.6 Å². The Hall–Kier alpha value is -2.60. The molecule has 0 spiro atoms. The van der Waals surface area contributed by atoms with E-state index in [-0.39, 0.29) is 0 Å². The predicted octanol–water partition coefficient (Wildman–Crippen LogP) is 5.33. The molecule has 3 nitrogen and oxygen atoms in total. The number of aryl methyl sites for hydroxylation is 1. The van der Waals surface area contributed by atoms with Gasteiger partial charge in [0.2, 0.25) is 0 Å². The van der Waals surface area contributed by atoms with Crippen LogP contribution >= 0.6 is 0 Å². The first-order valence-corrected chi connectivity index (χ1v) is 9.50. The normalized spacial score (nSPS) is 16.4. The lowest BCUT2D eigenvalue weighted by Gasteiger charge is -2.31. The predicted molar refractivity (Wildman–Crippen MR) is 99.7 cm³/mol. The number of fused-ring (bicyclic) bond motifs is 3. The molecule has 0 bridgehead atoms. The van der Waals surface area contributed by atoms with Crippen LogP contribution in [0, 0.1) is 0 Å². The molecular weight excluding hydrogens is 365 g/mol. The van der Waals surface area contributed by atoms with Crippen LogP contribution in [0.5, 0.6) is 0 Å². The van der Waals surface area contributed by atoms with Crippen LogP contribution < -0.4 is 0 Å². The van der Waals surface area contributed by atoms with Crippen LogP contribution in [0.25, 0.3) is 22.6 Å². The maximum atomic E-state index is 13.1. The maximum absolute atomic E-state index is 13.1. The van der Waals surface area contributed by atoms with Crippen LogP contribution in [0.2, 0.25) is 0 Å². The molecule has 3 aromatic rings. The maximum Gasteiger partial charge on any atom is 0.416 e. The summed E-state index contributed by atoms with van der Waals surface area (Å²) in [5.74, 6) is 0.441. The van der Waals surface area contributed by atoms with Gasteiger partial charge in [-0.25, -0.2) is 0 Å². The topological polar surface area (TPSA) is 29.3 Å². The molecule has 0 atom stereocenters. The van der Waals surface area contributed by atoms with Crippen LogP contribution in [0.15, 0.2) is 47.0 Å². The van der Waals surface area contributed by atoms with E-state index < -0.39 is 11.7 Å².